The number of rotatable bonds is 4. The highest BCUT2D eigenvalue weighted by Crippen LogP contribution is 2.24. The van der Waals surface area contributed by atoms with Crippen molar-refractivity contribution in [3.63, 3.8) is 0 Å². The number of nitrogens with one attached hydrogen (secondary N) is 1. The first-order valence-electron chi connectivity index (χ1n) is 8.05. The zero-order valence-corrected chi connectivity index (χ0v) is 12.8. The third-order valence-electron chi connectivity index (χ3n) is 4.32. The molecule has 0 unspecified atom stereocenters. The normalized spacial score (nSPS) is 16.8. The molecule has 1 aromatic heterocycles. The number of anilines is 1. The van der Waals surface area contributed by atoms with Gasteiger partial charge < -0.3 is 10.1 Å². The Balaban J connectivity index is 1.75. The fourth-order valence-electron chi connectivity index (χ4n) is 3.10. The molecule has 3 rings (SSSR count). The molecular formula is C18H24N2O. The van der Waals surface area contributed by atoms with Crippen molar-refractivity contribution in [2.75, 3.05) is 12.4 Å². The lowest BCUT2D eigenvalue weighted by Crippen LogP contribution is -2.12. The zero-order valence-electron chi connectivity index (χ0n) is 12.8. The summed E-state index contributed by atoms with van der Waals surface area (Å²) in [5.41, 5.74) is 2.18. The summed E-state index contributed by atoms with van der Waals surface area (Å²) >= 11 is 0. The molecule has 1 aliphatic rings. The first-order valence-corrected chi connectivity index (χ1v) is 8.05. The first-order chi connectivity index (χ1) is 10.4. The van der Waals surface area contributed by atoms with E-state index in [0.717, 1.165) is 16.9 Å². The molecule has 0 amide bonds. The van der Waals surface area contributed by atoms with E-state index < -0.39 is 0 Å². The van der Waals surface area contributed by atoms with Gasteiger partial charge in [0.1, 0.15) is 5.82 Å². The van der Waals surface area contributed by atoms with Crippen LogP contribution in [0.4, 0.5) is 5.82 Å². The lowest BCUT2D eigenvalue weighted by molar-refractivity contribution is 0.0312. The first kappa shape index (κ1) is 14.3. The summed E-state index contributed by atoms with van der Waals surface area (Å²) in [4.78, 5) is 4.68. The third kappa shape index (κ3) is 3.53. The van der Waals surface area contributed by atoms with Crippen LogP contribution in [0.25, 0.3) is 10.9 Å². The number of hydrogen-bond acceptors (Lipinski definition) is 3. The molecule has 0 radical (unpaired) electrons. The monoisotopic (exact) mass is 284 g/mol. The number of nitrogens with zero attached hydrogens (tertiary/aromatic N) is 1. The highest BCUT2D eigenvalue weighted by molar-refractivity contribution is 5.81. The molecule has 1 fully saturated rings. The Hall–Kier alpha value is -1.61. The molecule has 21 heavy (non-hydrogen) atoms. The van der Waals surface area contributed by atoms with Gasteiger partial charge in [-0.2, -0.15) is 0 Å². The molecule has 1 aromatic carbocycles. The van der Waals surface area contributed by atoms with Gasteiger partial charge in [-0.3, -0.25) is 0 Å². The molecule has 2 aromatic rings. The summed E-state index contributed by atoms with van der Waals surface area (Å²) in [6.07, 6.45) is 8.16. The van der Waals surface area contributed by atoms with E-state index in [2.05, 4.69) is 28.5 Å². The van der Waals surface area contributed by atoms with Gasteiger partial charge in [-0.15, -0.1) is 0 Å². The molecule has 0 aliphatic heterocycles. The average Bonchev–Trinajstić information content (AvgIpc) is 2.80. The average molecular weight is 284 g/mol. The summed E-state index contributed by atoms with van der Waals surface area (Å²) in [6, 6.07) is 10.4. The van der Waals surface area contributed by atoms with Crippen LogP contribution < -0.4 is 5.32 Å². The van der Waals surface area contributed by atoms with E-state index in [-0.39, 0.29) is 0 Å². The summed E-state index contributed by atoms with van der Waals surface area (Å²) in [7, 11) is 1.92. The highest BCUT2D eigenvalue weighted by Gasteiger charge is 2.14. The van der Waals surface area contributed by atoms with Gasteiger partial charge >= 0.3 is 0 Å². The van der Waals surface area contributed by atoms with Crippen LogP contribution in [0.5, 0.6) is 0 Å². The van der Waals surface area contributed by atoms with Gasteiger partial charge in [-0.05, 0) is 25.0 Å². The third-order valence-corrected chi connectivity index (χ3v) is 4.32. The second-order valence-corrected chi connectivity index (χ2v) is 5.86. The minimum Gasteiger partial charge on any atom is -0.373 e. The molecule has 0 atom stereocenters. The Bertz CT molecular complexity index is 589. The zero-order chi connectivity index (χ0) is 14.5. The van der Waals surface area contributed by atoms with Gasteiger partial charge in [0.05, 0.1) is 18.2 Å². The van der Waals surface area contributed by atoms with Crippen molar-refractivity contribution in [1.82, 2.24) is 4.98 Å². The Morgan fingerprint density at radius 1 is 1.14 bits per heavy atom. The van der Waals surface area contributed by atoms with Crippen LogP contribution in [0.1, 0.15) is 44.1 Å². The van der Waals surface area contributed by atoms with Crippen molar-refractivity contribution in [2.45, 2.75) is 51.2 Å². The maximum atomic E-state index is 6.16. The smallest absolute Gasteiger partial charge is 0.131 e. The SMILES string of the molecule is CNc1nc2ccccc2cc1COC1CCCCCC1. The molecule has 1 N–H and O–H groups in total. The van der Waals surface area contributed by atoms with E-state index >= 15 is 0 Å². The van der Waals surface area contributed by atoms with E-state index in [4.69, 9.17) is 4.74 Å². The van der Waals surface area contributed by atoms with Gasteiger partial charge in [0.15, 0.2) is 0 Å². The maximum Gasteiger partial charge on any atom is 0.131 e. The molecule has 1 heterocycles. The molecule has 3 nitrogen and oxygen atoms in total. The van der Waals surface area contributed by atoms with Crippen LogP contribution in [0, 0.1) is 0 Å². The summed E-state index contributed by atoms with van der Waals surface area (Å²) < 4.78 is 6.16. The van der Waals surface area contributed by atoms with Crippen molar-refractivity contribution < 1.29 is 4.74 Å². The van der Waals surface area contributed by atoms with Crippen molar-refractivity contribution in [2.24, 2.45) is 0 Å². The summed E-state index contributed by atoms with van der Waals surface area (Å²) in [5.74, 6) is 0.933. The van der Waals surface area contributed by atoms with Gasteiger partial charge in [0.2, 0.25) is 0 Å². The largest absolute Gasteiger partial charge is 0.373 e. The van der Waals surface area contributed by atoms with Crippen molar-refractivity contribution in [3.05, 3.63) is 35.9 Å². The molecule has 1 saturated carbocycles. The van der Waals surface area contributed by atoms with E-state index in [1.165, 1.54) is 43.9 Å². The number of pyridine rings is 1. The van der Waals surface area contributed by atoms with Crippen LogP contribution >= 0.6 is 0 Å². The van der Waals surface area contributed by atoms with E-state index in [1.807, 2.05) is 19.2 Å². The topological polar surface area (TPSA) is 34.2 Å². The molecule has 0 spiro atoms. The van der Waals surface area contributed by atoms with Crippen LogP contribution in [-0.4, -0.2) is 18.1 Å². The quantitative estimate of drug-likeness (QED) is 0.838. The van der Waals surface area contributed by atoms with Gasteiger partial charge in [-0.25, -0.2) is 4.98 Å². The Labute approximate surface area is 126 Å². The second kappa shape index (κ2) is 6.90. The molecule has 1 aliphatic carbocycles. The minimum absolute atomic E-state index is 0.420. The van der Waals surface area contributed by atoms with Crippen molar-refractivity contribution >= 4 is 16.7 Å². The molecule has 0 bridgehead atoms. The molecule has 3 heteroatoms. The number of para-hydroxylation sites is 1. The molecular weight excluding hydrogens is 260 g/mol. The fourth-order valence-corrected chi connectivity index (χ4v) is 3.10. The van der Waals surface area contributed by atoms with Gasteiger partial charge in [-0.1, -0.05) is 43.9 Å². The van der Waals surface area contributed by atoms with E-state index in [0.29, 0.717) is 12.7 Å². The summed E-state index contributed by atoms with van der Waals surface area (Å²) in [5, 5.41) is 4.37. The number of benzene rings is 1. The van der Waals surface area contributed by atoms with Crippen molar-refractivity contribution in [1.29, 1.82) is 0 Å². The Morgan fingerprint density at radius 2 is 1.90 bits per heavy atom. The van der Waals surface area contributed by atoms with Gasteiger partial charge in [0, 0.05) is 18.0 Å². The highest BCUT2D eigenvalue weighted by atomic mass is 16.5. The van der Waals surface area contributed by atoms with Crippen LogP contribution in [0.2, 0.25) is 0 Å². The lowest BCUT2D eigenvalue weighted by atomic mass is 10.1. The van der Waals surface area contributed by atoms with Gasteiger partial charge in [0.25, 0.3) is 0 Å². The fraction of sp³-hybridized carbons (Fsp3) is 0.500. The lowest BCUT2D eigenvalue weighted by Gasteiger charge is -2.17. The van der Waals surface area contributed by atoms with Crippen molar-refractivity contribution in [3.8, 4) is 0 Å². The molecule has 112 valence electrons. The molecule has 0 saturated heterocycles. The number of aromatic nitrogens is 1. The number of fused-ring (bicyclic) bond motifs is 1. The Morgan fingerprint density at radius 3 is 2.67 bits per heavy atom. The number of ether oxygens (including phenoxy) is 1. The summed E-state index contributed by atoms with van der Waals surface area (Å²) in [6.45, 7) is 0.651. The van der Waals surface area contributed by atoms with Crippen LogP contribution in [-0.2, 0) is 11.3 Å². The number of hydrogen-bond donors (Lipinski definition) is 1. The van der Waals surface area contributed by atoms with Crippen LogP contribution in [0.3, 0.4) is 0 Å². The second-order valence-electron chi connectivity index (χ2n) is 5.86. The Kier molecular flexibility index (Phi) is 4.71. The van der Waals surface area contributed by atoms with Crippen LogP contribution in [0.15, 0.2) is 30.3 Å². The minimum atomic E-state index is 0.420. The van der Waals surface area contributed by atoms with E-state index in [1.54, 1.807) is 0 Å². The predicted molar refractivity (Wildman–Crippen MR) is 87.6 cm³/mol. The maximum absolute atomic E-state index is 6.16. The predicted octanol–water partition coefficient (Wildman–Crippen LogP) is 4.52. The van der Waals surface area contributed by atoms with E-state index in [9.17, 15) is 0 Å². The standard InChI is InChI=1S/C18H24N2O/c1-19-18-15(12-14-8-6-7-11-17(14)20-18)13-21-16-9-4-2-3-5-10-16/h6-8,11-12,16H,2-5,9-10,13H2,1H3,(H,19,20).